The SMILES string of the molecule is Cn1ncc2cc(CN(c3ncc(Cl)cc3Cl)S(=O)(=O)c3ccc(C(=O)O)cc3Cl)ccc21. The first-order valence-electron chi connectivity index (χ1n) is 9.35. The first-order valence-corrected chi connectivity index (χ1v) is 11.9. The van der Waals surface area contributed by atoms with E-state index in [1.807, 2.05) is 12.1 Å². The van der Waals surface area contributed by atoms with E-state index in [-0.39, 0.29) is 37.9 Å². The van der Waals surface area contributed by atoms with Crippen molar-refractivity contribution in [2.45, 2.75) is 11.4 Å². The summed E-state index contributed by atoms with van der Waals surface area (Å²) < 4.78 is 30.1. The topological polar surface area (TPSA) is 105 Å². The average Bonchev–Trinajstić information content (AvgIpc) is 3.12. The smallest absolute Gasteiger partial charge is 0.335 e. The van der Waals surface area contributed by atoms with Crippen molar-refractivity contribution in [1.29, 1.82) is 0 Å². The Bertz CT molecular complexity index is 1500. The Kier molecular flexibility index (Phi) is 6.24. The number of hydrogen-bond donors (Lipinski definition) is 1. The van der Waals surface area contributed by atoms with Crippen molar-refractivity contribution in [2.24, 2.45) is 7.05 Å². The van der Waals surface area contributed by atoms with Gasteiger partial charge in [0.2, 0.25) is 0 Å². The number of anilines is 1. The van der Waals surface area contributed by atoms with Crippen molar-refractivity contribution >= 4 is 67.5 Å². The van der Waals surface area contributed by atoms with Gasteiger partial charge in [0, 0.05) is 18.6 Å². The van der Waals surface area contributed by atoms with E-state index in [9.17, 15) is 18.3 Å². The van der Waals surface area contributed by atoms with Crippen molar-refractivity contribution in [3.05, 3.63) is 81.1 Å². The minimum absolute atomic E-state index is 0.0202. The molecule has 0 saturated carbocycles. The fraction of sp³-hybridized carbons (Fsp3) is 0.0952. The van der Waals surface area contributed by atoms with Crippen molar-refractivity contribution < 1.29 is 18.3 Å². The zero-order chi connectivity index (χ0) is 23.9. The highest BCUT2D eigenvalue weighted by Crippen LogP contribution is 2.34. The third kappa shape index (κ3) is 4.49. The van der Waals surface area contributed by atoms with Gasteiger partial charge in [-0.25, -0.2) is 22.5 Å². The Morgan fingerprint density at radius 3 is 2.48 bits per heavy atom. The number of hydrogen-bond acceptors (Lipinski definition) is 5. The van der Waals surface area contributed by atoms with Crippen LogP contribution >= 0.6 is 34.8 Å². The predicted octanol–water partition coefficient (Wildman–Crippen LogP) is 5.02. The zero-order valence-corrected chi connectivity index (χ0v) is 20.0. The lowest BCUT2D eigenvalue weighted by molar-refractivity contribution is 0.0696. The van der Waals surface area contributed by atoms with Gasteiger partial charge >= 0.3 is 5.97 Å². The number of nitrogens with zero attached hydrogens (tertiary/aromatic N) is 4. The van der Waals surface area contributed by atoms with Gasteiger partial charge in [-0.05, 0) is 42.0 Å². The van der Waals surface area contributed by atoms with Gasteiger partial charge in [0.15, 0.2) is 5.82 Å². The van der Waals surface area contributed by atoms with Crippen molar-refractivity contribution in [2.75, 3.05) is 4.31 Å². The third-order valence-electron chi connectivity index (χ3n) is 4.91. The van der Waals surface area contributed by atoms with E-state index in [0.29, 0.717) is 5.56 Å². The maximum Gasteiger partial charge on any atom is 0.335 e. The van der Waals surface area contributed by atoms with E-state index < -0.39 is 16.0 Å². The molecule has 0 aliphatic heterocycles. The molecule has 2 heterocycles. The molecular formula is C21H15Cl3N4O4S. The van der Waals surface area contributed by atoms with Crippen LogP contribution in [0.4, 0.5) is 5.82 Å². The lowest BCUT2D eigenvalue weighted by Gasteiger charge is -2.25. The molecule has 2 aromatic heterocycles. The minimum atomic E-state index is -4.31. The summed E-state index contributed by atoms with van der Waals surface area (Å²) in [5, 5.41) is 14.2. The molecule has 2 aromatic carbocycles. The van der Waals surface area contributed by atoms with Crippen molar-refractivity contribution in [1.82, 2.24) is 14.8 Å². The number of fused-ring (bicyclic) bond motifs is 1. The fourth-order valence-electron chi connectivity index (χ4n) is 3.30. The van der Waals surface area contributed by atoms with Gasteiger partial charge in [-0.1, -0.05) is 40.9 Å². The second-order valence-corrected chi connectivity index (χ2v) is 10.2. The average molecular weight is 526 g/mol. The number of halogens is 3. The second-order valence-electron chi connectivity index (χ2n) is 7.08. The summed E-state index contributed by atoms with van der Waals surface area (Å²) in [7, 11) is -2.51. The molecule has 0 radical (unpaired) electrons. The summed E-state index contributed by atoms with van der Waals surface area (Å²) in [5.74, 6) is -1.28. The Balaban J connectivity index is 1.85. The van der Waals surface area contributed by atoms with Crippen molar-refractivity contribution in [3.63, 3.8) is 0 Å². The second kappa shape index (κ2) is 8.83. The number of pyridine rings is 1. The molecule has 0 unspecified atom stereocenters. The molecule has 33 heavy (non-hydrogen) atoms. The molecule has 8 nitrogen and oxygen atoms in total. The normalized spacial score (nSPS) is 11.6. The molecular weight excluding hydrogens is 511 g/mol. The van der Waals surface area contributed by atoms with Crippen LogP contribution in [0.3, 0.4) is 0 Å². The Morgan fingerprint density at radius 2 is 1.82 bits per heavy atom. The number of carboxylic acids is 1. The molecule has 0 aliphatic rings. The molecule has 12 heteroatoms. The van der Waals surface area contributed by atoms with E-state index in [4.69, 9.17) is 34.8 Å². The number of carbonyl (C=O) groups is 1. The van der Waals surface area contributed by atoms with Crippen LogP contribution < -0.4 is 4.31 Å². The third-order valence-corrected chi connectivity index (χ3v) is 7.61. The summed E-state index contributed by atoms with van der Waals surface area (Å²) in [4.78, 5) is 15.1. The molecule has 0 bridgehead atoms. The van der Waals surface area contributed by atoms with Crippen LogP contribution in [0.15, 0.2) is 59.8 Å². The highest BCUT2D eigenvalue weighted by molar-refractivity contribution is 7.93. The lowest BCUT2D eigenvalue weighted by atomic mass is 10.1. The predicted molar refractivity (Wildman–Crippen MR) is 127 cm³/mol. The summed E-state index contributed by atoms with van der Waals surface area (Å²) in [6.07, 6.45) is 2.96. The fourth-order valence-corrected chi connectivity index (χ4v) is 5.78. The van der Waals surface area contributed by atoms with Crippen LogP contribution in [0.5, 0.6) is 0 Å². The van der Waals surface area contributed by atoms with Crippen LogP contribution in [-0.2, 0) is 23.6 Å². The highest BCUT2D eigenvalue weighted by Gasteiger charge is 2.30. The van der Waals surface area contributed by atoms with Crippen LogP contribution in [0.25, 0.3) is 10.9 Å². The molecule has 0 spiro atoms. The largest absolute Gasteiger partial charge is 0.478 e. The maximum absolute atomic E-state index is 13.7. The van der Waals surface area contributed by atoms with Crippen molar-refractivity contribution in [3.8, 4) is 0 Å². The van der Waals surface area contributed by atoms with E-state index in [0.717, 1.165) is 33.4 Å². The number of aryl methyl sites for hydroxylation is 1. The van der Waals surface area contributed by atoms with Crippen LogP contribution in [-0.4, -0.2) is 34.3 Å². The van der Waals surface area contributed by atoms with Crippen LogP contribution in [0.2, 0.25) is 15.1 Å². The Labute approximate surface area is 204 Å². The van der Waals surface area contributed by atoms with Gasteiger partial charge in [0.05, 0.1) is 38.9 Å². The number of rotatable bonds is 6. The van der Waals surface area contributed by atoms with E-state index in [1.165, 1.54) is 12.3 Å². The van der Waals surface area contributed by atoms with E-state index >= 15 is 0 Å². The molecule has 4 rings (SSSR count). The van der Waals surface area contributed by atoms with Gasteiger partial charge < -0.3 is 5.11 Å². The van der Waals surface area contributed by atoms with E-state index in [2.05, 4.69) is 10.1 Å². The number of aromatic carboxylic acids is 1. The molecule has 0 saturated heterocycles. The van der Waals surface area contributed by atoms with Crippen LogP contribution in [0, 0.1) is 0 Å². The quantitative estimate of drug-likeness (QED) is 0.379. The molecule has 0 aliphatic carbocycles. The number of benzene rings is 2. The Hall–Kier alpha value is -2.85. The van der Waals surface area contributed by atoms with Gasteiger partial charge in [0.25, 0.3) is 10.0 Å². The molecule has 170 valence electrons. The molecule has 0 atom stereocenters. The van der Waals surface area contributed by atoms with Crippen LogP contribution in [0.1, 0.15) is 15.9 Å². The summed E-state index contributed by atoms with van der Waals surface area (Å²) in [6, 6.07) is 10.2. The lowest BCUT2D eigenvalue weighted by Crippen LogP contribution is -2.32. The van der Waals surface area contributed by atoms with E-state index in [1.54, 1.807) is 24.0 Å². The standard InChI is InChI=1S/C21H15Cl3N4O4S/c1-27-18-4-2-12(6-14(18)9-26-27)11-28(20-17(24)8-15(22)10-25-20)33(31,32)19-5-3-13(21(29)30)7-16(19)23/h2-10H,11H2,1H3,(H,29,30). The van der Waals surface area contributed by atoms with Gasteiger partial charge in [-0.3, -0.25) is 4.68 Å². The first kappa shape index (κ1) is 23.3. The summed E-state index contributed by atoms with van der Waals surface area (Å²) in [5.41, 5.74) is 1.38. The molecule has 0 fully saturated rings. The summed E-state index contributed by atoms with van der Waals surface area (Å²) in [6.45, 7) is -0.126. The van der Waals surface area contributed by atoms with Gasteiger partial charge in [-0.2, -0.15) is 5.10 Å². The molecule has 4 aromatic rings. The highest BCUT2D eigenvalue weighted by atomic mass is 35.5. The van der Waals surface area contributed by atoms with Gasteiger partial charge in [0.1, 0.15) is 4.90 Å². The molecule has 0 amide bonds. The maximum atomic E-state index is 13.7. The number of aromatic nitrogens is 3. The van der Waals surface area contributed by atoms with Gasteiger partial charge in [-0.15, -0.1) is 0 Å². The number of carboxylic acid groups (broad SMARTS) is 1. The Morgan fingerprint density at radius 1 is 1.06 bits per heavy atom. The zero-order valence-electron chi connectivity index (χ0n) is 16.9. The molecule has 1 N–H and O–H groups in total. The first-order chi connectivity index (χ1) is 15.6. The number of sulfonamides is 1. The summed E-state index contributed by atoms with van der Waals surface area (Å²) >= 11 is 18.4. The monoisotopic (exact) mass is 524 g/mol. The minimum Gasteiger partial charge on any atom is -0.478 e.